The summed E-state index contributed by atoms with van der Waals surface area (Å²) in [5.41, 5.74) is 12.3. The minimum absolute atomic E-state index is 0.0738. The minimum Gasteiger partial charge on any atom is -0.382 e. The average molecular weight is 379 g/mol. The Bertz CT molecular complexity index is 833. The van der Waals surface area contributed by atoms with Crippen LogP contribution in [0.3, 0.4) is 0 Å². The molecule has 0 aromatic carbocycles. The standard InChI is InChI=1S/C16H26N6O3Si/c1-15(2,3)24-9-6-16(26(4)5,25-10(9)7-23)22-8-19-11-12(17)20-14(18)21-13(11)22/h7-10,26H,6H2,1-5H3,(H4,17,18,20,21)/t9-,10+,16+/m0/s1. The Hall–Kier alpha value is -2.04. The Balaban J connectivity index is 2.12. The summed E-state index contributed by atoms with van der Waals surface area (Å²) in [6.45, 7) is 10.2. The maximum atomic E-state index is 11.7. The number of nitrogen functional groups attached to an aromatic ring is 2. The average Bonchev–Trinajstić information content (AvgIpc) is 3.07. The number of carbonyl (C=O) groups is 1. The van der Waals surface area contributed by atoms with Gasteiger partial charge in [0.25, 0.3) is 0 Å². The van der Waals surface area contributed by atoms with Crippen molar-refractivity contribution in [2.45, 2.75) is 63.4 Å². The quantitative estimate of drug-likeness (QED) is 0.591. The van der Waals surface area contributed by atoms with E-state index in [1.807, 2.05) is 25.3 Å². The first kappa shape index (κ1) is 18.7. The van der Waals surface area contributed by atoms with Crippen LogP contribution in [0.4, 0.5) is 11.8 Å². The molecule has 3 atom stereocenters. The van der Waals surface area contributed by atoms with E-state index < -0.39 is 25.9 Å². The normalized spacial score (nSPS) is 26.7. The molecule has 1 saturated heterocycles. The van der Waals surface area contributed by atoms with Gasteiger partial charge >= 0.3 is 0 Å². The Kier molecular flexibility index (Phi) is 4.53. The van der Waals surface area contributed by atoms with Crippen molar-refractivity contribution < 1.29 is 14.3 Å². The lowest BCUT2D eigenvalue weighted by Crippen LogP contribution is -2.45. The van der Waals surface area contributed by atoms with Crippen LogP contribution in [0, 0.1) is 0 Å². The molecule has 1 aliphatic rings. The molecular weight excluding hydrogens is 352 g/mol. The van der Waals surface area contributed by atoms with Crippen LogP contribution in [0.1, 0.15) is 27.2 Å². The van der Waals surface area contributed by atoms with Crippen molar-refractivity contribution in [1.82, 2.24) is 19.5 Å². The predicted octanol–water partition coefficient (Wildman–Crippen LogP) is 0.841. The lowest BCUT2D eigenvalue weighted by Gasteiger charge is -2.34. The highest BCUT2D eigenvalue weighted by atomic mass is 28.3. The van der Waals surface area contributed by atoms with Gasteiger partial charge in [0.05, 0.1) is 26.8 Å². The van der Waals surface area contributed by atoms with Crippen LogP contribution < -0.4 is 11.5 Å². The van der Waals surface area contributed by atoms with Gasteiger partial charge in [0.1, 0.15) is 17.0 Å². The molecule has 0 aliphatic carbocycles. The fourth-order valence-corrected chi connectivity index (χ4v) is 5.34. The Morgan fingerprint density at radius 2 is 2.08 bits per heavy atom. The second-order valence-electron chi connectivity index (χ2n) is 7.94. The van der Waals surface area contributed by atoms with Crippen LogP contribution in [0.5, 0.6) is 0 Å². The van der Waals surface area contributed by atoms with E-state index in [1.165, 1.54) is 0 Å². The molecule has 3 rings (SSSR count). The highest BCUT2D eigenvalue weighted by Gasteiger charge is 2.52. The number of fused-ring (bicyclic) bond motifs is 1. The number of imidazole rings is 1. The lowest BCUT2D eigenvalue weighted by molar-refractivity contribution is -0.134. The third-order valence-corrected chi connectivity index (χ3v) is 7.04. The van der Waals surface area contributed by atoms with E-state index in [2.05, 4.69) is 28.0 Å². The van der Waals surface area contributed by atoms with Gasteiger partial charge in [0, 0.05) is 6.42 Å². The summed E-state index contributed by atoms with van der Waals surface area (Å²) in [5.74, 6) is 0.295. The molecule has 0 saturated carbocycles. The van der Waals surface area contributed by atoms with Gasteiger partial charge in [0.15, 0.2) is 17.8 Å². The number of nitrogens with two attached hydrogens (primary N) is 2. The third kappa shape index (κ3) is 3.08. The van der Waals surface area contributed by atoms with Crippen molar-refractivity contribution in [2.75, 3.05) is 11.5 Å². The zero-order chi connectivity index (χ0) is 19.3. The van der Waals surface area contributed by atoms with Gasteiger partial charge in [-0.15, -0.1) is 0 Å². The summed E-state index contributed by atoms with van der Waals surface area (Å²) in [7, 11) is -1.53. The number of hydrogen-bond acceptors (Lipinski definition) is 8. The van der Waals surface area contributed by atoms with E-state index in [1.54, 1.807) is 6.33 Å². The van der Waals surface area contributed by atoms with Crippen molar-refractivity contribution in [3.8, 4) is 0 Å². The van der Waals surface area contributed by atoms with E-state index in [0.29, 0.717) is 17.6 Å². The first-order chi connectivity index (χ1) is 12.1. The van der Waals surface area contributed by atoms with Gasteiger partial charge in [-0.2, -0.15) is 9.97 Å². The number of aldehydes is 1. The first-order valence-corrected chi connectivity index (χ1v) is 11.5. The highest BCUT2D eigenvalue weighted by Crippen LogP contribution is 2.41. The minimum atomic E-state index is -1.53. The van der Waals surface area contributed by atoms with E-state index in [0.717, 1.165) is 6.29 Å². The molecular formula is C16H26N6O3Si. The Morgan fingerprint density at radius 1 is 1.38 bits per heavy atom. The zero-order valence-electron chi connectivity index (χ0n) is 15.8. The van der Waals surface area contributed by atoms with Crippen molar-refractivity contribution >= 4 is 38.0 Å². The maximum Gasteiger partial charge on any atom is 0.224 e. The van der Waals surface area contributed by atoms with Crippen LogP contribution in [0.2, 0.25) is 13.1 Å². The largest absolute Gasteiger partial charge is 0.382 e. The fraction of sp³-hybridized carbons (Fsp3) is 0.625. The topological polar surface area (TPSA) is 131 Å². The predicted molar refractivity (Wildman–Crippen MR) is 101 cm³/mol. The van der Waals surface area contributed by atoms with Gasteiger partial charge in [-0.1, -0.05) is 13.1 Å². The van der Waals surface area contributed by atoms with Gasteiger partial charge < -0.3 is 25.7 Å². The number of hydrogen-bond donors (Lipinski definition) is 2. The van der Waals surface area contributed by atoms with Crippen LogP contribution in [-0.4, -0.2) is 52.4 Å². The smallest absolute Gasteiger partial charge is 0.224 e. The molecule has 0 spiro atoms. The number of nitrogens with zero attached hydrogens (tertiary/aromatic N) is 4. The Morgan fingerprint density at radius 3 is 2.65 bits per heavy atom. The summed E-state index contributed by atoms with van der Waals surface area (Å²) in [5, 5.41) is -0.719. The van der Waals surface area contributed by atoms with E-state index in [-0.39, 0.29) is 17.9 Å². The van der Waals surface area contributed by atoms with Gasteiger partial charge in [-0.05, 0) is 20.8 Å². The van der Waals surface area contributed by atoms with Gasteiger partial charge in [-0.3, -0.25) is 4.57 Å². The van der Waals surface area contributed by atoms with E-state index in [4.69, 9.17) is 20.9 Å². The van der Waals surface area contributed by atoms with Crippen molar-refractivity contribution in [3.63, 3.8) is 0 Å². The number of anilines is 2. The monoisotopic (exact) mass is 378 g/mol. The second kappa shape index (κ2) is 6.29. The first-order valence-electron chi connectivity index (χ1n) is 8.65. The molecule has 2 aromatic heterocycles. The van der Waals surface area contributed by atoms with Crippen molar-refractivity contribution in [2.24, 2.45) is 0 Å². The lowest BCUT2D eigenvalue weighted by atomic mass is 10.1. The Labute approximate surface area is 153 Å². The van der Waals surface area contributed by atoms with Crippen LogP contribution >= 0.6 is 0 Å². The molecule has 2 aromatic rings. The molecule has 0 unspecified atom stereocenters. The zero-order valence-corrected chi connectivity index (χ0v) is 16.9. The molecule has 0 bridgehead atoms. The third-order valence-electron chi connectivity index (χ3n) is 4.59. The SMILES string of the molecule is C[SiH](C)[C@@]1(n2cnc3c(N)nc(N)nc32)C[C@H](OC(C)(C)C)[C@@H](C=O)O1. The van der Waals surface area contributed by atoms with E-state index in [9.17, 15) is 4.79 Å². The molecule has 9 nitrogen and oxygen atoms in total. The van der Waals surface area contributed by atoms with E-state index >= 15 is 0 Å². The van der Waals surface area contributed by atoms with Gasteiger partial charge in [0.2, 0.25) is 5.95 Å². The molecule has 4 N–H and O–H groups in total. The molecule has 1 aliphatic heterocycles. The number of rotatable bonds is 4. The molecule has 0 radical (unpaired) electrons. The summed E-state index contributed by atoms with van der Waals surface area (Å²) in [6.07, 6.45) is 1.98. The molecule has 10 heteroatoms. The number of carbonyl (C=O) groups excluding carboxylic acids is 1. The molecule has 26 heavy (non-hydrogen) atoms. The van der Waals surface area contributed by atoms with Crippen LogP contribution in [0.15, 0.2) is 6.33 Å². The summed E-state index contributed by atoms with van der Waals surface area (Å²) in [6, 6.07) is 0. The maximum absolute atomic E-state index is 11.7. The van der Waals surface area contributed by atoms with Crippen molar-refractivity contribution in [1.29, 1.82) is 0 Å². The molecule has 0 amide bonds. The summed E-state index contributed by atoms with van der Waals surface area (Å²) >= 11 is 0. The molecule has 142 valence electrons. The molecule has 1 fully saturated rings. The fourth-order valence-electron chi connectivity index (χ4n) is 3.46. The summed E-state index contributed by atoms with van der Waals surface area (Å²) in [4.78, 5) is 24.3. The number of ether oxygens (including phenoxy) is 2. The van der Waals surface area contributed by atoms with Crippen LogP contribution in [0.25, 0.3) is 11.2 Å². The highest BCUT2D eigenvalue weighted by molar-refractivity contribution is 6.58. The molecule has 3 heterocycles. The van der Waals surface area contributed by atoms with Crippen LogP contribution in [-0.2, 0) is 19.6 Å². The second-order valence-corrected chi connectivity index (χ2v) is 11.2. The van der Waals surface area contributed by atoms with Gasteiger partial charge in [-0.25, -0.2) is 4.98 Å². The van der Waals surface area contributed by atoms with Crippen molar-refractivity contribution in [3.05, 3.63) is 6.33 Å². The number of aromatic nitrogens is 4. The summed E-state index contributed by atoms with van der Waals surface area (Å²) < 4.78 is 14.3.